The number of hydrogen-bond donors (Lipinski definition) is 2. The van der Waals surface area contributed by atoms with Crippen LogP contribution < -0.4 is 10.6 Å². The molecule has 0 amide bonds. The summed E-state index contributed by atoms with van der Waals surface area (Å²) in [6, 6.07) is 2.34. The predicted molar refractivity (Wildman–Crippen MR) is 66.7 cm³/mol. The lowest BCUT2D eigenvalue weighted by atomic mass is 10.4. The molecule has 84 valence electrons. The summed E-state index contributed by atoms with van der Waals surface area (Å²) in [6.07, 6.45) is 2.01. The zero-order chi connectivity index (χ0) is 11.3. The summed E-state index contributed by atoms with van der Waals surface area (Å²) >= 11 is 1.62. The second-order valence-corrected chi connectivity index (χ2v) is 4.28. The maximum absolute atomic E-state index is 4.36. The predicted octanol–water partition coefficient (Wildman–Crippen LogP) is 2.45. The van der Waals surface area contributed by atoms with Crippen molar-refractivity contribution in [1.82, 2.24) is 9.97 Å². The molecule has 0 atom stereocenters. The first-order valence-electron chi connectivity index (χ1n) is 5.09. The summed E-state index contributed by atoms with van der Waals surface area (Å²) < 4.78 is 0. The minimum atomic E-state index is 0.379. The van der Waals surface area contributed by atoms with E-state index in [1.165, 1.54) is 0 Å². The van der Waals surface area contributed by atoms with Crippen LogP contribution >= 0.6 is 11.8 Å². The lowest BCUT2D eigenvalue weighted by Crippen LogP contribution is -2.13. The van der Waals surface area contributed by atoms with E-state index in [0.29, 0.717) is 12.0 Å². The Bertz CT molecular complexity index is 314. The molecule has 0 aliphatic heterocycles. The molecule has 4 nitrogen and oxygen atoms in total. The summed E-state index contributed by atoms with van der Waals surface area (Å²) in [5.41, 5.74) is 0. The van der Waals surface area contributed by atoms with Gasteiger partial charge in [-0.05, 0) is 27.0 Å². The van der Waals surface area contributed by atoms with Crippen molar-refractivity contribution in [2.45, 2.75) is 31.8 Å². The van der Waals surface area contributed by atoms with Gasteiger partial charge in [0.25, 0.3) is 0 Å². The van der Waals surface area contributed by atoms with Gasteiger partial charge in [-0.3, -0.25) is 0 Å². The van der Waals surface area contributed by atoms with Gasteiger partial charge in [0.2, 0.25) is 5.95 Å². The Labute approximate surface area is 95.3 Å². The number of thioether (sulfide) groups is 1. The minimum absolute atomic E-state index is 0.379. The Balaban J connectivity index is 2.89. The van der Waals surface area contributed by atoms with Crippen LogP contribution in [-0.2, 0) is 0 Å². The van der Waals surface area contributed by atoms with Crippen molar-refractivity contribution < 1.29 is 0 Å². The van der Waals surface area contributed by atoms with Crippen molar-refractivity contribution in [3.63, 3.8) is 0 Å². The van der Waals surface area contributed by atoms with Gasteiger partial charge in [0.1, 0.15) is 10.8 Å². The van der Waals surface area contributed by atoms with Gasteiger partial charge in [-0.1, -0.05) is 0 Å². The molecular weight excluding hydrogens is 208 g/mol. The van der Waals surface area contributed by atoms with Crippen LogP contribution in [0.2, 0.25) is 0 Å². The molecule has 0 fully saturated rings. The number of nitrogens with zero attached hydrogens (tertiary/aromatic N) is 2. The van der Waals surface area contributed by atoms with E-state index >= 15 is 0 Å². The van der Waals surface area contributed by atoms with Crippen LogP contribution in [0, 0.1) is 0 Å². The molecule has 0 bridgehead atoms. The molecule has 2 N–H and O–H groups in total. The van der Waals surface area contributed by atoms with Gasteiger partial charge in [0.15, 0.2) is 0 Å². The molecule has 0 unspecified atom stereocenters. The first-order valence-corrected chi connectivity index (χ1v) is 6.31. The minimum Gasteiger partial charge on any atom is -0.368 e. The number of aromatic nitrogens is 2. The van der Waals surface area contributed by atoms with Crippen molar-refractivity contribution in [3.05, 3.63) is 6.07 Å². The number of nitrogens with one attached hydrogen (secondary N) is 2. The van der Waals surface area contributed by atoms with E-state index in [2.05, 4.69) is 34.4 Å². The maximum atomic E-state index is 4.36. The largest absolute Gasteiger partial charge is 0.368 e. The van der Waals surface area contributed by atoms with Crippen LogP contribution in [0.25, 0.3) is 0 Å². The van der Waals surface area contributed by atoms with E-state index in [0.717, 1.165) is 17.4 Å². The van der Waals surface area contributed by atoms with Gasteiger partial charge in [-0.2, -0.15) is 4.98 Å². The molecule has 0 aliphatic carbocycles. The van der Waals surface area contributed by atoms with Crippen LogP contribution in [0.1, 0.15) is 20.8 Å². The van der Waals surface area contributed by atoms with Crippen LogP contribution in [0.15, 0.2) is 11.1 Å². The molecule has 0 saturated carbocycles. The number of hydrogen-bond acceptors (Lipinski definition) is 5. The second-order valence-electron chi connectivity index (χ2n) is 3.45. The van der Waals surface area contributed by atoms with Crippen molar-refractivity contribution in [2.75, 3.05) is 23.4 Å². The molecule has 15 heavy (non-hydrogen) atoms. The summed E-state index contributed by atoms with van der Waals surface area (Å²) in [6.45, 7) is 7.05. The Hall–Kier alpha value is -0.970. The van der Waals surface area contributed by atoms with Crippen LogP contribution in [0.5, 0.6) is 0 Å². The molecule has 0 saturated heterocycles. The Morgan fingerprint density at radius 2 is 2.13 bits per heavy atom. The average molecular weight is 226 g/mol. The quantitative estimate of drug-likeness (QED) is 0.596. The molecule has 1 aromatic rings. The van der Waals surface area contributed by atoms with E-state index in [1.807, 2.05) is 19.2 Å². The summed E-state index contributed by atoms with van der Waals surface area (Å²) in [4.78, 5) is 8.71. The molecule has 1 rings (SSSR count). The fraction of sp³-hybridized carbons (Fsp3) is 0.600. The maximum Gasteiger partial charge on any atom is 0.225 e. The molecule has 0 radical (unpaired) electrons. The number of rotatable bonds is 5. The first-order chi connectivity index (χ1) is 7.15. The lowest BCUT2D eigenvalue weighted by molar-refractivity contribution is 0.879. The fourth-order valence-corrected chi connectivity index (χ4v) is 1.54. The van der Waals surface area contributed by atoms with Gasteiger partial charge in [-0.25, -0.2) is 4.98 Å². The summed E-state index contributed by atoms with van der Waals surface area (Å²) in [7, 11) is 0. The van der Waals surface area contributed by atoms with E-state index in [1.54, 1.807) is 11.8 Å². The highest BCUT2D eigenvalue weighted by Gasteiger charge is 2.04. The molecule has 1 heterocycles. The SMILES string of the molecule is CCNc1nc(NC(C)C)cc(SC)n1. The summed E-state index contributed by atoms with van der Waals surface area (Å²) in [5.74, 6) is 1.56. The van der Waals surface area contributed by atoms with Crippen molar-refractivity contribution in [2.24, 2.45) is 0 Å². The van der Waals surface area contributed by atoms with E-state index in [9.17, 15) is 0 Å². The Morgan fingerprint density at radius 3 is 2.67 bits per heavy atom. The van der Waals surface area contributed by atoms with Gasteiger partial charge in [0.05, 0.1) is 0 Å². The molecule has 1 aromatic heterocycles. The first kappa shape index (κ1) is 12.1. The molecule has 0 aliphatic rings. The number of anilines is 2. The second kappa shape index (κ2) is 5.80. The van der Waals surface area contributed by atoms with Gasteiger partial charge in [-0.15, -0.1) is 11.8 Å². The summed E-state index contributed by atoms with van der Waals surface area (Å²) in [5, 5.41) is 7.37. The normalized spacial score (nSPS) is 10.5. The van der Waals surface area contributed by atoms with E-state index in [4.69, 9.17) is 0 Å². The Morgan fingerprint density at radius 1 is 1.40 bits per heavy atom. The Kier molecular flexibility index (Phi) is 4.68. The highest BCUT2D eigenvalue weighted by molar-refractivity contribution is 7.98. The van der Waals surface area contributed by atoms with Crippen molar-refractivity contribution >= 4 is 23.5 Å². The smallest absolute Gasteiger partial charge is 0.225 e. The fourth-order valence-electron chi connectivity index (χ4n) is 1.14. The van der Waals surface area contributed by atoms with Crippen molar-refractivity contribution in [1.29, 1.82) is 0 Å². The highest BCUT2D eigenvalue weighted by Crippen LogP contribution is 2.18. The monoisotopic (exact) mass is 226 g/mol. The van der Waals surface area contributed by atoms with Gasteiger partial charge < -0.3 is 10.6 Å². The third-order valence-electron chi connectivity index (χ3n) is 1.68. The zero-order valence-corrected chi connectivity index (χ0v) is 10.5. The molecular formula is C10H18N4S. The molecule has 0 spiro atoms. The van der Waals surface area contributed by atoms with Gasteiger partial charge >= 0.3 is 0 Å². The third-order valence-corrected chi connectivity index (χ3v) is 2.31. The van der Waals surface area contributed by atoms with E-state index in [-0.39, 0.29) is 0 Å². The van der Waals surface area contributed by atoms with Crippen LogP contribution in [0.3, 0.4) is 0 Å². The van der Waals surface area contributed by atoms with Crippen LogP contribution in [0.4, 0.5) is 11.8 Å². The van der Waals surface area contributed by atoms with Crippen molar-refractivity contribution in [3.8, 4) is 0 Å². The van der Waals surface area contributed by atoms with Crippen LogP contribution in [-0.4, -0.2) is 28.8 Å². The molecule has 0 aromatic carbocycles. The zero-order valence-electron chi connectivity index (χ0n) is 9.66. The lowest BCUT2D eigenvalue weighted by Gasteiger charge is -2.11. The van der Waals surface area contributed by atoms with Gasteiger partial charge in [0, 0.05) is 18.7 Å². The highest BCUT2D eigenvalue weighted by atomic mass is 32.2. The average Bonchev–Trinajstić information content (AvgIpc) is 2.16. The molecule has 5 heteroatoms. The third kappa shape index (κ3) is 3.95. The standard InChI is InChI=1S/C10H18N4S/c1-5-11-10-13-8(12-7(2)3)6-9(14-10)15-4/h6-7H,5H2,1-4H3,(H2,11,12,13,14). The topological polar surface area (TPSA) is 49.8 Å². The van der Waals surface area contributed by atoms with E-state index < -0.39 is 0 Å².